The number of carbonyl (C=O) groups excluding carboxylic acids is 1. The van der Waals surface area contributed by atoms with Crippen molar-refractivity contribution in [1.82, 2.24) is 10.2 Å². The first kappa shape index (κ1) is 18.5. The molecule has 2 fully saturated rings. The third-order valence-electron chi connectivity index (χ3n) is 4.19. The zero-order valence-electron chi connectivity index (χ0n) is 15.2. The molecule has 0 saturated carbocycles. The molecule has 2 heterocycles. The van der Waals surface area contributed by atoms with E-state index in [2.05, 4.69) is 5.32 Å². The summed E-state index contributed by atoms with van der Waals surface area (Å²) in [5.41, 5.74) is -0.425. The fourth-order valence-electron chi connectivity index (χ4n) is 2.86. The van der Waals surface area contributed by atoms with Crippen LogP contribution in [0.15, 0.2) is 0 Å². The Balaban J connectivity index is 1.62. The van der Waals surface area contributed by atoms with Crippen molar-refractivity contribution in [2.75, 3.05) is 32.8 Å². The van der Waals surface area contributed by atoms with Gasteiger partial charge >= 0.3 is 6.09 Å². The Morgan fingerprint density at radius 1 is 1.30 bits per heavy atom. The van der Waals surface area contributed by atoms with Crippen LogP contribution in [0.2, 0.25) is 0 Å². The number of carbonyl (C=O) groups is 1. The molecule has 1 unspecified atom stereocenters. The van der Waals surface area contributed by atoms with Gasteiger partial charge in [-0.15, -0.1) is 0 Å². The third-order valence-corrected chi connectivity index (χ3v) is 4.19. The van der Waals surface area contributed by atoms with Crippen LogP contribution in [0.1, 0.15) is 47.5 Å². The van der Waals surface area contributed by atoms with Crippen molar-refractivity contribution >= 4 is 6.09 Å². The molecule has 2 saturated heterocycles. The number of amides is 1. The lowest BCUT2D eigenvalue weighted by Crippen LogP contribution is -2.48. The first-order valence-electron chi connectivity index (χ1n) is 8.64. The highest BCUT2D eigenvalue weighted by atomic mass is 16.7. The highest BCUT2D eigenvalue weighted by Gasteiger charge is 2.30. The van der Waals surface area contributed by atoms with Gasteiger partial charge in [-0.3, -0.25) is 0 Å². The lowest BCUT2D eigenvalue weighted by atomic mass is 10.1. The van der Waals surface area contributed by atoms with E-state index in [1.807, 2.05) is 39.5 Å². The quantitative estimate of drug-likeness (QED) is 0.858. The molecule has 23 heavy (non-hydrogen) atoms. The number of likely N-dealkylation sites (tertiary alicyclic amines) is 1. The van der Waals surface area contributed by atoms with Gasteiger partial charge < -0.3 is 24.4 Å². The second-order valence-corrected chi connectivity index (χ2v) is 8.04. The van der Waals surface area contributed by atoms with Gasteiger partial charge in [0.2, 0.25) is 0 Å². The van der Waals surface area contributed by atoms with E-state index in [0.29, 0.717) is 19.1 Å². The summed E-state index contributed by atoms with van der Waals surface area (Å²) in [6.07, 6.45) is 1.91. The zero-order chi connectivity index (χ0) is 17.1. The minimum Gasteiger partial charge on any atom is -0.444 e. The topological polar surface area (TPSA) is 60.0 Å². The Morgan fingerprint density at radius 2 is 1.96 bits per heavy atom. The molecule has 0 spiro atoms. The van der Waals surface area contributed by atoms with Gasteiger partial charge in [0.15, 0.2) is 5.79 Å². The summed E-state index contributed by atoms with van der Waals surface area (Å²) in [5.74, 6) is 0.0780. The number of nitrogens with one attached hydrogen (secondary N) is 1. The molecule has 2 rings (SSSR count). The third kappa shape index (κ3) is 6.28. The van der Waals surface area contributed by atoms with Crippen molar-refractivity contribution in [2.45, 2.75) is 64.9 Å². The van der Waals surface area contributed by atoms with E-state index in [1.165, 1.54) is 0 Å². The first-order chi connectivity index (χ1) is 10.6. The van der Waals surface area contributed by atoms with Crippen LogP contribution in [0.5, 0.6) is 0 Å². The Kier molecular flexibility index (Phi) is 5.92. The minimum atomic E-state index is -0.461. The van der Waals surface area contributed by atoms with Crippen LogP contribution in [-0.2, 0) is 14.2 Å². The van der Waals surface area contributed by atoms with Crippen molar-refractivity contribution in [3.05, 3.63) is 0 Å². The lowest BCUT2D eigenvalue weighted by molar-refractivity contribution is -0.252. The summed E-state index contributed by atoms with van der Waals surface area (Å²) >= 11 is 0. The maximum Gasteiger partial charge on any atom is 0.410 e. The van der Waals surface area contributed by atoms with Crippen molar-refractivity contribution < 1.29 is 19.0 Å². The van der Waals surface area contributed by atoms with E-state index >= 15 is 0 Å². The molecule has 1 atom stereocenters. The fourth-order valence-corrected chi connectivity index (χ4v) is 2.86. The molecular weight excluding hydrogens is 296 g/mol. The van der Waals surface area contributed by atoms with Crippen molar-refractivity contribution in [2.24, 2.45) is 5.92 Å². The number of hydrogen-bond donors (Lipinski definition) is 1. The second-order valence-electron chi connectivity index (χ2n) is 8.04. The molecule has 134 valence electrons. The van der Waals surface area contributed by atoms with Crippen LogP contribution >= 0.6 is 0 Å². The molecule has 1 N–H and O–H groups in total. The highest BCUT2D eigenvalue weighted by molar-refractivity contribution is 5.68. The van der Waals surface area contributed by atoms with Crippen LogP contribution < -0.4 is 5.32 Å². The van der Waals surface area contributed by atoms with Gasteiger partial charge in [-0.2, -0.15) is 0 Å². The van der Waals surface area contributed by atoms with E-state index in [0.717, 1.165) is 32.5 Å². The summed E-state index contributed by atoms with van der Waals surface area (Å²) < 4.78 is 16.7. The van der Waals surface area contributed by atoms with Crippen LogP contribution in [0, 0.1) is 5.92 Å². The second kappa shape index (κ2) is 7.36. The molecule has 2 aliphatic heterocycles. The number of rotatable bonds is 4. The van der Waals surface area contributed by atoms with Crippen LogP contribution in [-0.4, -0.2) is 61.3 Å². The molecule has 1 amide bonds. The Bertz CT molecular complexity index is 396. The van der Waals surface area contributed by atoms with E-state index in [9.17, 15) is 4.79 Å². The normalized spacial score (nSPS) is 25.6. The minimum absolute atomic E-state index is 0.190. The smallest absolute Gasteiger partial charge is 0.410 e. The lowest BCUT2D eigenvalue weighted by Gasteiger charge is -2.35. The number of hydrogen-bond acceptors (Lipinski definition) is 5. The fraction of sp³-hybridized carbons (Fsp3) is 0.941. The predicted molar refractivity (Wildman–Crippen MR) is 88.3 cm³/mol. The van der Waals surface area contributed by atoms with Gasteiger partial charge in [0, 0.05) is 13.1 Å². The van der Waals surface area contributed by atoms with Gasteiger partial charge in [0.1, 0.15) is 5.60 Å². The Morgan fingerprint density at radius 3 is 2.57 bits per heavy atom. The average molecular weight is 328 g/mol. The standard InChI is InChI=1S/C17H32N2O4/c1-16(2,3)23-15(20)19-9-7-13(10-19)6-8-18-14-11-21-17(4,5)22-12-14/h13-14,18H,6-12H2,1-5H3. The number of ether oxygens (including phenoxy) is 3. The summed E-state index contributed by atoms with van der Waals surface area (Å²) in [5, 5.41) is 3.48. The van der Waals surface area contributed by atoms with Crippen LogP contribution in [0.3, 0.4) is 0 Å². The monoisotopic (exact) mass is 328 g/mol. The van der Waals surface area contributed by atoms with Crippen molar-refractivity contribution in [1.29, 1.82) is 0 Å². The van der Waals surface area contributed by atoms with E-state index in [4.69, 9.17) is 14.2 Å². The Hall–Kier alpha value is -0.850. The molecule has 0 aromatic rings. The summed E-state index contributed by atoms with van der Waals surface area (Å²) in [4.78, 5) is 13.9. The van der Waals surface area contributed by atoms with Gasteiger partial charge in [0.25, 0.3) is 0 Å². The van der Waals surface area contributed by atoms with Gasteiger partial charge in [-0.25, -0.2) is 4.79 Å². The summed E-state index contributed by atoms with van der Waals surface area (Å²) in [7, 11) is 0. The predicted octanol–water partition coefficient (Wildman–Crippen LogP) is 2.37. The van der Waals surface area contributed by atoms with E-state index < -0.39 is 11.4 Å². The number of nitrogens with zero attached hydrogens (tertiary/aromatic N) is 1. The molecule has 0 bridgehead atoms. The van der Waals surface area contributed by atoms with Crippen molar-refractivity contribution in [3.8, 4) is 0 Å². The van der Waals surface area contributed by atoms with E-state index in [1.54, 1.807) is 0 Å². The largest absolute Gasteiger partial charge is 0.444 e. The molecule has 6 heteroatoms. The maximum absolute atomic E-state index is 12.0. The summed E-state index contributed by atoms with van der Waals surface area (Å²) in [6, 6.07) is 0.256. The van der Waals surface area contributed by atoms with Crippen LogP contribution in [0.4, 0.5) is 4.79 Å². The molecular formula is C17H32N2O4. The van der Waals surface area contributed by atoms with Gasteiger partial charge in [0.05, 0.1) is 19.3 Å². The molecule has 6 nitrogen and oxygen atoms in total. The zero-order valence-corrected chi connectivity index (χ0v) is 15.2. The molecule has 0 aliphatic carbocycles. The summed E-state index contributed by atoms with van der Waals surface area (Å²) in [6.45, 7) is 13.5. The van der Waals surface area contributed by atoms with Gasteiger partial charge in [-0.05, 0) is 59.9 Å². The van der Waals surface area contributed by atoms with E-state index in [-0.39, 0.29) is 12.1 Å². The SMILES string of the molecule is CC(C)(C)OC(=O)N1CCC(CCNC2COC(C)(C)OC2)C1. The first-order valence-corrected chi connectivity index (χ1v) is 8.64. The maximum atomic E-state index is 12.0. The average Bonchev–Trinajstić information content (AvgIpc) is 2.88. The highest BCUT2D eigenvalue weighted by Crippen LogP contribution is 2.22. The molecule has 2 aliphatic rings. The van der Waals surface area contributed by atoms with Crippen molar-refractivity contribution in [3.63, 3.8) is 0 Å². The molecule has 0 radical (unpaired) electrons. The Labute approximate surface area is 139 Å². The molecule has 0 aromatic carbocycles. The van der Waals surface area contributed by atoms with Gasteiger partial charge in [-0.1, -0.05) is 0 Å². The van der Waals surface area contributed by atoms with Crippen LogP contribution in [0.25, 0.3) is 0 Å². The molecule has 0 aromatic heterocycles.